The van der Waals surface area contributed by atoms with E-state index in [0.717, 1.165) is 22.8 Å². The number of carboxylic acid groups (broad SMARTS) is 1. The average molecular weight is 628 g/mol. The summed E-state index contributed by atoms with van der Waals surface area (Å²) in [6.07, 6.45) is 0.621. The fraction of sp³-hybridized carbons (Fsp3) is 0.385. The number of hydrogen-bond donors (Lipinski definition) is 2. The Morgan fingerprint density at radius 1 is 1.24 bits per heavy atom. The van der Waals surface area contributed by atoms with Crippen molar-refractivity contribution in [2.75, 3.05) is 17.2 Å². The highest BCUT2D eigenvalue weighted by Gasteiger charge is 2.23. The minimum Gasteiger partial charge on any atom is -0.481 e. The molecule has 1 aromatic carbocycles. The monoisotopic (exact) mass is 628 g/mol. The number of amides is 1. The number of carboxylic acids is 1. The van der Waals surface area contributed by atoms with E-state index in [0.29, 0.717) is 12.2 Å². The largest absolute Gasteiger partial charge is 0.481 e. The number of hydrogen-bond acceptors (Lipinski definition) is 3. The summed E-state index contributed by atoms with van der Waals surface area (Å²) < 4.78 is 2.72. The van der Waals surface area contributed by atoms with E-state index in [-0.39, 0.29) is 18.7 Å². The van der Waals surface area contributed by atoms with Crippen molar-refractivity contribution in [3.63, 3.8) is 0 Å². The van der Waals surface area contributed by atoms with Crippen molar-refractivity contribution >= 4 is 91.0 Å². The van der Waals surface area contributed by atoms with Crippen molar-refractivity contribution in [1.82, 2.24) is 0 Å². The predicted octanol–water partition coefficient (Wildman–Crippen LogP) is 3.69. The number of benzene rings is 1. The van der Waals surface area contributed by atoms with Crippen LogP contribution in [0, 0.1) is 10.7 Å². The van der Waals surface area contributed by atoms with Crippen molar-refractivity contribution in [2.24, 2.45) is 0 Å². The molecule has 5 nitrogen and oxygen atoms in total. The predicted molar refractivity (Wildman–Crippen MR) is 109 cm³/mol. The van der Waals surface area contributed by atoms with Crippen LogP contribution in [0.5, 0.6) is 0 Å². The molecule has 21 heavy (non-hydrogen) atoms. The molecule has 0 aliphatic heterocycles. The van der Waals surface area contributed by atoms with Crippen molar-refractivity contribution in [3.05, 3.63) is 16.8 Å². The number of nitrogens with zero attached hydrogens (tertiary/aromatic N) is 1. The van der Waals surface area contributed by atoms with Crippen LogP contribution in [-0.4, -0.2) is 23.5 Å². The third kappa shape index (κ3) is 5.08. The van der Waals surface area contributed by atoms with Gasteiger partial charge in [-0.2, -0.15) is 0 Å². The van der Waals surface area contributed by atoms with Gasteiger partial charge < -0.3 is 15.7 Å². The number of halogens is 3. The van der Waals surface area contributed by atoms with Crippen LogP contribution in [0.15, 0.2) is 6.07 Å². The number of aliphatic carboxylic acids is 1. The lowest BCUT2D eigenvalue weighted by Gasteiger charge is -2.26. The molecule has 0 fully saturated rings. The minimum absolute atomic E-state index is 0.00656. The van der Waals surface area contributed by atoms with E-state index in [1.54, 1.807) is 4.90 Å². The zero-order valence-corrected chi connectivity index (χ0v) is 17.8. The van der Waals surface area contributed by atoms with Gasteiger partial charge in [-0.05, 0) is 80.3 Å². The van der Waals surface area contributed by atoms with Crippen LogP contribution in [0.3, 0.4) is 0 Å². The maximum absolute atomic E-state index is 12.4. The smallest absolute Gasteiger partial charge is 0.303 e. The van der Waals surface area contributed by atoms with E-state index >= 15 is 0 Å². The Balaban J connectivity index is 3.20. The third-order valence-electron chi connectivity index (χ3n) is 2.75. The minimum atomic E-state index is -0.966. The summed E-state index contributed by atoms with van der Waals surface area (Å²) in [6.45, 7) is 2.53. The average Bonchev–Trinajstić information content (AvgIpc) is 2.41. The van der Waals surface area contributed by atoms with Crippen LogP contribution in [0.25, 0.3) is 0 Å². The first-order valence-electron chi connectivity index (χ1n) is 6.24. The van der Waals surface area contributed by atoms with Crippen LogP contribution in [0.2, 0.25) is 0 Å². The highest BCUT2D eigenvalue weighted by atomic mass is 127. The second kappa shape index (κ2) is 8.70. The summed E-state index contributed by atoms with van der Waals surface area (Å²) in [7, 11) is 0. The van der Waals surface area contributed by atoms with Gasteiger partial charge in [-0.3, -0.25) is 9.59 Å². The number of nitrogens with two attached hydrogens (primary N) is 1. The van der Waals surface area contributed by atoms with Crippen molar-refractivity contribution in [1.29, 1.82) is 0 Å². The van der Waals surface area contributed by atoms with E-state index in [1.165, 1.54) is 0 Å². The maximum atomic E-state index is 12.4. The summed E-state index contributed by atoms with van der Waals surface area (Å²) in [4.78, 5) is 24.7. The number of anilines is 2. The molecule has 0 saturated heterocycles. The molecular weight excluding hydrogens is 613 g/mol. The Morgan fingerprint density at radius 3 is 2.38 bits per heavy atom. The lowest BCUT2D eigenvalue weighted by Crippen LogP contribution is -2.33. The first kappa shape index (κ1) is 19.2. The molecule has 0 heterocycles. The molecule has 1 aromatic rings. The molecule has 8 heteroatoms. The van der Waals surface area contributed by atoms with Gasteiger partial charge in [0.05, 0.1) is 21.4 Å². The van der Waals surface area contributed by atoms with Crippen LogP contribution in [0.4, 0.5) is 11.4 Å². The second-order valence-electron chi connectivity index (χ2n) is 4.36. The van der Waals surface area contributed by atoms with Gasteiger partial charge in [-0.1, -0.05) is 6.92 Å². The summed E-state index contributed by atoms with van der Waals surface area (Å²) in [5, 5.41) is 8.74. The molecule has 116 valence electrons. The van der Waals surface area contributed by atoms with Gasteiger partial charge in [0, 0.05) is 20.1 Å². The van der Waals surface area contributed by atoms with Crippen molar-refractivity contribution in [2.45, 2.75) is 26.2 Å². The fourth-order valence-corrected chi connectivity index (χ4v) is 5.73. The molecule has 0 saturated carbocycles. The fourth-order valence-electron chi connectivity index (χ4n) is 1.78. The molecule has 0 aliphatic rings. The summed E-state index contributed by atoms with van der Waals surface area (Å²) in [5.74, 6) is -1.15. The van der Waals surface area contributed by atoms with Gasteiger partial charge in [0.25, 0.3) is 0 Å². The highest BCUT2D eigenvalue weighted by Crippen LogP contribution is 2.36. The van der Waals surface area contributed by atoms with E-state index in [2.05, 4.69) is 67.8 Å². The standard InChI is InChI=1S/C13H15I3N2O3/c1-2-5-18(9(19)3-4-10(20)21)13-8(15)6-7(14)12(17)11(13)16/h6H,2-5,17H2,1H3,(H,20,21). The molecule has 1 rings (SSSR count). The number of carbonyl (C=O) groups excluding carboxylic acids is 1. The van der Waals surface area contributed by atoms with Crippen LogP contribution in [-0.2, 0) is 9.59 Å². The Labute approximate surface area is 164 Å². The van der Waals surface area contributed by atoms with E-state index in [9.17, 15) is 9.59 Å². The maximum Gasteiger partial charge on any atom is 0.303 e. The number of nitrogen functional groups attached to an aromatic ring is 1. The molecule has 1 amide bonds. The Morgan fingerprint density at radius 2 is 1.86 bits per heavy atom. The molecular formula is C13H15I3N2O3. The summed E-state index contributed by atoms with van der Waals surface area (Å²) in [5.41, 5.74) is 7.49. The Hall–Kier alpha value is 0.150. The first-order chi connectivity index (χ1) is 9.79. The molecule has 0 spiro atoms. The topological polar surface area (TPSA) is 83.6 Å². The van der Waals surface area contributed by atoms with Gasteiger partial charge in [0.1, 0.15) is 0 Å². The van der Waals surface area contributed by atoms with Crippen molar-refractivity contribution < 1.29 is 14.7 Å². The third-order valence-corrected chi connectivity index (χ3v) is 5.56. The Bertz CT molecular complexity index is 564. The quantitative estimate of drug-likeness (QED) is 0.373. The van der Waals surface area contributed by atoms with E-state index < -0.39 is 5.97 Å². The molecule has 0 aliphatic carbocycles. The molecule has 0 unspecified atom stereocenters. The van der Waals surface area contributed by atoms with Gasteiger partial charge in [0.15, 0.2) is 0 Å². The molecule has 0 atom stereocenters. The highest BCUT2D eigenvalue weighted by molar-refractivity contribution is 14.1. The lowest BCUT2D eigenvalue weighted by molar-refractivity contribution is -0.138. The van der Waals surface area contributed by atoms with Crippen molar-refractivity contribution in [3.8, 4) is 0 Å². The summed E-state index contributed by atoms with van der Waals surface area (Å²) in [6, 6.07) is 1.93. The van der Waals surface area contributed by atoms with E-state index in [1.807, 2.05) is 13.0 Å². The van der Waals surface area contributed by atoms with E-state index in [4.69, 9.17) is 10.8 Å². The summed E-state index contributed by atoms with van der Waals surface area (Å²) >= 11 is 6.49. The lowest BCUT2D eigenvalue weighted by atomic mass is 10.2. The van der Waals surface area contributed by atoms with Crippen LogP contribution < -0.4 is 10.6 Å². The van der Waals surface area contributed by atoms with Gasteiger partial charge >= 0.3 is 5.97 Å². The Kier molecular flexibility index (Phi) is 7.95. The molecule has 0 bridgehead atoms. The van der Waals surface area contributed by atoms with Gasteiger partial charge in [-0.15, -0.1) is 0 Å². The number of carbonyl (C=O) groups is 2. The number of rotatable bonds is 6. The first-order valence-corrected chi connectivity index (χ1v) is 9.48. The molecule has 0 radical (unpaired) electrons. The van der Waals surface area contributed by atoms with Crippen LogP contribution in [0.1, 0.15) is 26.2 Å². The van der Waals surface area contributed by atoms with Gasteiger partial charge in [-0.25, -0.2) is 0 Å². The van der Waals surface area contributed by atoms with Crippen LogP contribution >= 0.6 is 67.8 Å². The normalized spacial score (nSPS) is 10.5. The zero-order chi connectivity index (χ0) is 16.2. The SMILES string of the molecule is CCCN(C(=O)CCC(=O)O)c1c(I)cc(I)c(N)c1I. The zero-order valence-electron chi connectivity index (χ0n) is 11.3. The van der Waals surface area contributed by atoms with Gasteiger partial charge in [0.2, 0.25) is 5.91 Å². The molecule has 0 aromatic heterocycles. The molecule has 3 N–H and O–H groups in total. The second-order valence-corrected chi connectivity index (χ2v) is 7.76.